The van der Waals surface area contributed by atoms with E-state index in [0.717, 1.165) is 11.8 Å². The monoisotopic (exact) mass is 234 g/mol. The third-order valence-corrected chi connectivity index (χ3v) is 5.33. The molecule has 0 aromatic rings. The fourth-order valence-corrected chi connectivity index (χ4v) is 4.64. The van der Waals surface area contributed by atoms with Crippen molar-refractivity contribution in [2.24, 2.45) is 23.2 Å². The molecule has 0 bridgehead atoms. The van der Waals surface area contributed by atoms with Crippen LogP contribution >= 0.6 is 0 Å². The number of nitrogens with zero attached hydrogens (tertiary/aromatic N) is 1. The molecule has 0 spiro atoms. The minimum Gasteiger partial charge on any atom is -0.662 e. The zero-order chi connectivity index (χ0) is 12.6. The van der Waals surface area contributed by atoms with E-state index in [-0.39, 0.29) is 0 Å². The largest absolute Gasteiger partial charge is 0.662 e. The number of fused-ring (bicyclic) bond motifs is 1. The van der Waals surface area contributed by atoms with Crippen molar-refractivity contribution < 1.29 is 0 Å². The van der Waals surface area contributed by atoms with E-state index >= 15 is 0 Å². The van der Waals surface area contributed by atoms with Crippen LogP contribution in [0.15, 0.2) is 12.2 Å². The van der Waals surface area contributed by atoms with Crippen LogP contribution in [-0.4, -0.2) is 13.1 Å². The minimum atomic E-state index is 0.539. The van der Waals surface area contributed by atoms with E-state index < -0.39 is 0 Å². The highest BCUT2D eigenvalue weighted by atomic mass is 14.9. The maximum atomic E-state index is 4.69. The highest BCUT2D eigenvalue weighted by molar-refractivity contribution is 5.18. The van der Waals surface area contributed by atoms with Gasteiger partial charge in [-0.15, -0.1) is 6.04 Å². The minimum absolute atomic E-state index is 0.539. The van der Waals surface area contributed by atoms with Crippen molar-refractivity contribution in [3.63, 3.8) is 0 Å². The van der Waals surface area contributed by atoms with Crippen molar-refractivity contribution in [1.82, 2.24) is 0 Å². The van der Waals surface area contributed by atoms with Crippen LogP contribution in [0.5, 0.6) is 0 Å². The molecule has 17 heavy (non-hydrogen) atoms. The van der Waals surface area contributed by atoms with Crippen molar-refractivity contribution in [2.75, 3.05) is 7.05 Å². The van der Waals surface area contributed by atoms with E-state index in [2.05, 4.69) is 32.7 Å². The molecule has 0 N–H and O–H groups in total. The zero-order valence-corrected chi connectivity index (χ0v) is 12.0. The second-order valence-corrected chi connectivity index (χ2v) is 6.84. The number of hydrogen-bond acceptors (Lipinski definition) is 0. The molecule has 1 nitrogen and oxygen atoms in total. The number of allylic oxidation sites excluding steroid dienone is 1. The third-order valence-electron chi connectivity index (χ3n) is 5.33. The molecule has 2 aliphatic rings. The van der Waals surface area contributed by atoms with Gasteiger partial charge in [0.1, 0.15) is 0 Å². The van der Waals surface area contributed by atoms with Gasteiger partial charge in [0.05, 0.1) is 0 Å². The standard InChI is InChI=1S/C16H28N/c1-11(2)15(17-5)13-8-10-16(4)9-6-7-12(3)14(13)16/h11,13-15H,3,6-10H2,1-2,4-5H3/q-1/t13-,14+,15-,16-/m1/s1. The van der Waals surface area contributed by atoms with Gasteiger partial charge in [-0.2, -0.15) is 7.05 Å². The first-order valence-electron chi connectivity index (χ1n) is 7.26. The van der Waals surface area contributed by atoms with Gasteiger partial charge in [0.15, 0.2) is 0 Å². The van der Waals surface area contributed by atoms with Crippen LogP contribution in [0.4, 0.5) is 0 Å². The summed E-state index contributed by atoms with van der Waals surface area (Å²) < 4.78 is 0. The molecular weight excluding hydrogens is 206 g/mol. The molecule has 2 fully saturated rings. The molecule has 2 rings (SSSR count). The molecule has 0 aromatic carbocycles. The van der Waals surface area contributed by atoms with Gasteiger partial charge in [-0.05, 0) is 37.0 Å². The van der Waals surface area contributed by atoms with E-state index in [1.54, 1.807) is 0 Å². The summed E-state index contributed by atoms with van der Waals surface area (Å²) in [6.45, 7) is 11.5. The van der Waals surface area contributed by atoms with E-state index in [1.807, 2.05) is 7.05 Å². The highest BCUT2D eigenvalue weighted by Gasteiger charge is 2.48. The van der Waals surface area contributed by atoms with E-state index in [4.69, 9.17) is 0 Å². The molecule has 1 heteroatoms. The molecule has 0 saturated heterocycles. The Kier molecular flexibility index (Phi) is 3.68. The zero-order valence-electron chi connectivity index (χ0n) is 12.0. The second kappa shape index (κ2) is 4.76. The average Bonchev–Trinajstić information content (AvgIpc) is 2.58. The van der Waals surface area contributed by atoms with Gasteiger partial charge >= 0.3 is 0 Å². The molecule has 0 radical (unpaired) electrons. The lowest BCUT2D eigenvalue weighted by Gasteiger charge is -2.47. The Labute approximate surface area is 107 Å². The van der Waals surface area contributed by atoms with Crippen molar-refractivity contribution in [3.8, 4) is 0 Å². The van der Waals surface area contributed by atoms with Crippen LogP contribution in [-0.2, 0) is 0 Å². The third kappa shape index (κ3) is 2.19. The van der Waals surface area contributed by atoms with Gasteiger partial charge in [-0.3, -0.25) is 0 Å². The molecule has 2 aliphatic carbocycles. The molecule has 0 amide bonds. The Balaban J connectivity index is 2.22. The second-order valence-electron chi connectivity index (χ2n) is 6.84. The Hall–Kier alpha value is -0.300. The smallest absolute Gasteiger partial charge is 0.0137 e. The Morgan fingerprint density at radius 1 is 1.35 bits per heavy atom. The van der Waals surface area contributed by atoms with E-state index in [1.165, 1.54) is 37.7 Å². The number of hydrogen-bond donors (Lipinski definition) is 0. The first-order valence-corrected chi connectivity index (χ1v) is 7.26. The molecule has 0 unspecified atom stereocenters. The lowest BCUT2D eigenvalue weighted by atomic mass is 9.64. The Morgan fingerprint density at radius 3 is 2.65 bits per heavy atom. The summed E-state index contributed by atoms with van der Waals surface area (Å²) in [5.74, 6) is 2.17. The lowest BCUT2D eigenvalue weighted by Crippen LogP contribution is -2.36. The summed E-state index contributed by atoms with van der Waals surface area (Å²) in [6, 6.07) is 0.539. The van der Waals surface area contributed by atoms with Crippen LogP contribution < -0.4 is 0 Å². The van der Waals surface area contributed by atoms with Crippen LogP contribution in [0.1, 0.15) is 52.9 Å². The lowest BCUT2D eigenvalue weighted by molar-refractivity contribution is 0.162. The molecular formula is C16H28N-. The van der Waals surface area contributed by atoms with E-state index in [0.29, 0.717) is 17.4 Å². The molecule has 2 saturated carbocycles. The predicted molar refractivity (Wildman–Crippen MR) is 75.2 cm³/mol. The molecule has 4 atom stereocenters. The molecule has 0 aliphatic heterocycles. The normalized spacial score (nSPS) is 39.5. The van der Waals surface area contributed by atoms with Crippen molar-refractivity contribution in [2.45, 2.75) is 58.9 Å². The van der Waals surface area contributed by atoms with Gasteiger partial charge in [-0.25, -0.2) is 0 Å². The van der Waals surface area contributed by atoms with Crippen molar-refractivity contribution >= 4 is 0 Å². The molecule has 0 aromatic heterocycles. The average molecular weight is 234 g/mol. The summed E-state index contributed by atoms with van der Waals surface area (Å²) >= 11 is 0. The highest BCUT2D eigenvalue weighted by Crippen LogP contribution is 2.58. The van der Waals surface area contributed by atoms with Gasteiger partial charge in [-0.1, -0.05) is 51.2 Å². The molecule has 0 heterocycles. The van der Waals surface area contributed by atoms with Crippen molar-refractivity contribution in [1.29, 1.82) is 0 Å². The van der Waals surface area contributed by atoms with Gasteiger partial charge < -0.3 is 5.32 Å². The van der Waals surface area contributed by atoms with Crippen molar-refractivity contribution in [3.05, 3.63) is 17.5 Å². The summed E-state index contributed by atoms with van der Waals surface area (Å²) in [5, 5.41) is 4.69. The van der Waals surface area contributed by atoms with Crippen LogP contribution in [0, 0.1) is 23.2 Å². The number of rotatable bonds is 3. The van der Waals surface area contributed by atoms with Crippen LogP contribution in [0.3, 0.4) is 0 Å². The SMILES string of the molecule is C=C1CCC[C@]2(C)CC[C@@H]([C@H]([N-]C)C(C)C)[C@H]12. The first-order chi connectivity index (χ1) is 7.99. The summed E-state index contributed by atoms with van der Waals surface area (Å²) in [7, 11) is 2.01. The topological polar surface area (TPSA) is 14.1 Å². The fraction of sp³-hybridized carbons (Fsp3) is 0.875. The summed E-state index contributed by atoms with van der Waals surface area (Å²) in [5.41, 5.74) is 2.06. The first kappa shape index (κ1) is 13.1. The Bertz CT molecular complexity index is 294. The maximum absolute atomic E-state index is 4.69. The van der Waals surface area contributed by atoms with Gasteiger partial charge in [0, 0.05) is 0 Å². The quantitative estimate of drug-likeness (QED) is 0.624. The molecule has 98 valence electrons. The maximum Gasteiger partial charge on any atom is -0.0137 e. The van der Waals surface area contributed by atoms with Crippen LogP contribution in [0.2, 0.25) is 0 Å². The van der Waals surface area contributed by atoms with Gasteiger partial charge in [0.2, 0.25) is 0 Å². The summed E-state index contributed by atoms with van der Waals surface area (Å²) in [4.78, 5) is 0. The van der Waals surface area contributed by atoms with E-state index in [9.17, 15) is 0 Å². The van der Waals surface area contributed by atoms with Crippen LogP contribution in [0.25, 0.3) is 5.32 Å². The Morgan fingerprint density at radius 2 is 2.06 bits per heavy atom. The summed E-state index contributed by atoms with van der Waals surface area (Å²) in [6.07, 6.45) is 6.77. The fourth-order valence-electron chi connectivity index (χ4n) is 4.64. The predicted octanol–water partition coefficient (Wildman–Crippen LogP) is 4.79. The van der Waals surface area contributed by atoms with Gasteiger partial charge in [0.25, 0.3) is 0 Å².